The highest BCUT2D eigenvalue weighted by Crippen LogP contribution is 2.29. The molecular formula is C20H21N3O2S. The highest BCUT2D eigenvalue weighted by molar-refractivity contribution is 7.09. The highest BCUT2D eigenvalue weighted by atomic mass is 32.1. The Bertz CT molecular complexity index is 871. The van der Waals surface area contributed by atoms with Gasteiger partial charge in [-0.25, -0.2) is 0 Å². The SMILES string of the molecule is CCc1ccc(-c2noc(C3CC(=O)N(CCc4cccs4)C3)n2)cc1. The van der Waals surface area contributed by atoms with Gasteiger partial charge < -0.3 is 9.42 Å². The molecule has 0 aliphatic carbocycles. The van der Waals surface area contributed by atoms with Crippen LogP contribution in [-0.4, -0.2) is 34.0 Å². The second-order valence-electron chi connectivity index (χ2n) is 6.58. The van der Waals surface area contributed by atoms with Gasteiger partial charge in [0.05, 0.1) is 5.92 Å². The zero-order chi connectivity index (χ0) is 17.9. The topological polar surface area (TPSA) is 59.2 Å². The zero-order valence-electron chi connectivity index (χ0n) is 14.7. The van der Waals surface area contributed by atoms with E-state index in [0.29, 0.717) is 24.7 Å². The van der Waals surface area contributed by atoms with Crippen molar-refractivity contribution in [2.75, 3.05) is 13.1 Å². The number of amides is 1. The van der Waals surface area contributed by atoms with Gasteiger partial charge in [-0.2, -0.15) is 4.98 Å². The van der Waals surface area contributed by atoms with Crippen LogP contribution in [0.4, 0.5) is 0 Å². The number of nitrogens with zero attached hydrogens (tertiary/aromatic N) is 3. The first-order valence-electron chi connectivity index (χ1n) is 8.96. The van der Waals surface area contributed by atoms with Crippen molar-refractivity contribution in [2.24, 2.45) is 0 Å². The number of carbonyl (C=O) groups excluding carboxylic acids is 1. The number of carbonyl (C=O) groups is 1. The van der Waals surface area contributed by atoms with Crippen LogP contribution in [0, 0.1) is 0 Å². The van der Waals surface area contributed by atoms with Gasteiger partial charge in [-0.3, -0.25) is 4.79 Å². The number of aryl methyl sites for hydroxylation is 1. The minimum absolute atomic E-state index is 0.0120. The standard InChI is InChI=1S/C20H21N3O2S/c1-2-14-5-7-15(8-6-14)19-21-20(25-22-19)16-12-18(24)23(13-16)10-9-17-4-3-11-26-17/h3-8,11,16H,2,9-10,12-13H2,1H3. The van der Waals surface area contributed by atoms with Crippen molar-refractivity contribution < 1.29 is 9.32 Å². The summed E-state index contributed by atoms with van der Waals surface area (Å²) >= 11 is 1.73. The van der Waals surface area contributed by atoms with Gasteiger partial charge in [0, 0.05) is 30.0 Å². The Morgan fingerprint density at radius 3 is 2.85 bits per heavy atom. The molecular weight excluding hydrogens is 346 g/mol. The number of thiophene rings is 1. The third kappa shape index (κ3) is 3.55. The predicted octanol–water partition coefficient (Wildman–Crippen LogP) is 3.92. The Balaban J connectivity index is 1.41. The maximum absolute atomic E-state index is 12.3. The summed E-state index contributed by atoms with van der Waals surface area (Å²) in [6.45, 7) is 3.53. The molecule has 1 aliphatic heterocycles. The third-order valence-corrected chi connectivity index (χ3v) is 5.77. The van der Waals surface area contributed by atoms with Crippen LogP contribution in [0.15, 0.2) is 46.3 Å². The lowest BCUT2D eigenvalue weighted by Gasteiger charge is -2.15. The third-order valence-electron chi connectivity index (χ3n) is 4.83. The molecule has 134 valence electrons. The number of benzene rings is 1. The van der Waals surface area contributed by atoms with E-state index in [1.807, 2.05) is 23.1 Å². The molecule has 1 atom stereocenters. The minimum Gasteiger partial charge on any atom is -0.342 e. The van der Waals surface area contributed by atoms with Crippen LogP contribution in [0.25, 0.3) is 11.4 Å². The fraction of sp³-hybridized carbons (Fsp3) is 0.350. The van der Waals surface area contributed by atoms with E-state index in [-0.39, 0.29) is 11.8 Å². The van der Waals surface area contributed by atoms with Crippen molar-refractivity contribution in [3.8, 4) is 11.4 Å². The van der Waals surface area contributed by atoms with Gasteiger partial charge in [0.1, 0.15) is 0 Å². The van der Waals surface area contributed by atoms with E-state index in [9.17, 15) is 4.79 Å². The maximum Gasteiger partial charge on any atom is 0.232 e. The van der Waals surface area contributed by atoms with Crippen LogP contribution in [-0.2, 0) is 17.6 Å². The Kier molecular flexibility index (Phi) is 4.84. The number of likely N-dealkylation sites (tertiary alicyclic amines) is 1. The van der Waals surface area contributed by atoms with E-state index < -0.39 is 0 Å². The summed E-state index contributed by atoms with van der Waals surface area (Å²) in [4.78, 5) is 20.1. The fourth-order valence-electron chi connectivity index (χ4n) is 3.26. The summed E-state index contributed by atoms with van der Waals surface area (Å²) < 4.78 is 5.47. The van der Waals surface area contributed by atoms with Crippen molar-refractivity contribution in [1.29, 1.82) is 0 Å². The van der Waals surface area contributed by atoms with Crippen molar-refractivity contribution >= 4 is 17.2 Å². The van der Waals surface area contributed by atoms with Gasteiger partial charge in [-0.05, 0) is 29.9 Å². The molecule has 1 saturated heterocycles. The summed E-state index contributed by atoms with van der Waals surface area (Å²) in [5.74, 6) is 1.30. The Hall–Kier alpha value is -2.47. The van der Waals surface area contributed by atoms with Crippen molar-refractivity contribution in [2.45, 2.75) is 32.1 Å². The van der Waals surface area contributed by atoms with E-state index in [1.54, 1.807) is 11.3 Å². The molecule has 0 spiro atoms. The fourth-order valence-corrected chi connectivity index (χ4v) is 3.96. The van der Waals surface area contributed by atoms with Crippen LogP contribution >= 0.6 is 11.3 Å². The molecule has 1 aromatic carbocycles. The Morgan fingerprint density at radius 2 is 2.12 bits per heavy atom. The zero-order valence-corrected chi connectivity index (χ0v) is 15.5. The van der Waals surface area contributed by atoms with Crippen molar-refractivity contribution in [1.82, 2.24) is 15.0 Å². The predicted molar refractivity (Wildman–Crippen MR) is 101 cm³/mol. The van der Waals surface area contributed by atoms with Gasteiger partial charge in [0.2, 0.25) is 17.6 Å². The molecule has 0 saturated carbocycles. The largest absolute Gasteiger partial charge is 0.342 e. The van der Waals surface area contributed by atoms with Crippen molar-refractivity contribution in [3.63, 3.8) is 0 Å². The number of rotatable bonds is 6. The second-order valence-corrected chi connectivity index (χ2v) is 7.61. The van der Waals surface area contributed by atoms with E-state index in [1.165, 1.54) is 10.4 Å². The first kappa shape index (κ1) is 17.0. The molecule has 4 rings (SSSR count). The van der Waals surface area contributed by atoms with Gasteiger partial charge >= 0.3 is 0 Å². The van der Waals surface area contributed by atoms with E-state index in [4.69, 9.17) is 4.52 Å². The molecule has 6 heteroatoms. The first-order valence-corrected chi connectivity index (χ1v) is 9.84. The number of hydrogen-bond donors (Lipinski definition) is 0. The molecule has 0 radical (unpaired) electrons. The quantitative estimate of drug-likeness (QED) is 0.663. The molecule has 5 nitrogen and oxygen atoms in total. The van der Waals surface area contributed by atoms with E-state index in [2.05, 4.69) is 40.6 Å². The van der Waals surface area contributed by atoms with Gasteiger partial charge in [-0.1, -0.05) is 42.4 Å². The van der Waals surface area contributed by atoms with Crippen LogP contribution in [0.3, 0.4) is 0 Å². The number of hydrogen-bond acceptors (Lipinski definition) is 5. The molecule has 1 fully saturated rings. The Labute approximate surface area is 156 Å². The molecule has 1 unspecified atom stereocenters. The monoisotopic (exact) mass is 367 g/mol. The maximum atomic E-state index is 12.3. The van der Waals surface area contributed by atoms with Crippen LogP contribution in [0.2, 0.25) is 0 Å². The molecule has 0 bridgehead atoms. The molecule has 3 heterocycles. The minimum atomic E-state index is -0.0120. The smallest absolute Gasteiger partial charge is 0.232 e. The molecule has 26 heavy (non-hydrogen) atoms. The van der Waals surface area contributed by atoms with Gasteiger partial charge in [0.15, 0.2) is 0 Å². The molecule has 3 aromatic rings. The van der Waals surface area contributed by atoms with Crippen LogP contribution < -0.4 is 0 Å². The second kappa shape index (κ2) is 7.41. The Morgan fingerprint density at radius 1 is 1.27 bits per heavy atom. The van der Waals surface area contributed by atoms with E-state index >= 15 is 0 Å². The molecule has 1 aliphatic rings. The average molecular weight is 367 g/mol. The molecule has 0 N–H and O–H groups in total. The van der Waals surface area contributed by atoms with Gasteiger partial charge in [-0.15, -0.1) is 11.3 Å². The summed E-state index contributed by atoms with van der Waals surface area (Å²) in [5.41, 5.74) is 2.22. The summed E-state index contributed by atoms with van der Waals surface area (Å²) in [5, 5.41) is 6.18. The van der Waals surface area contributed by atoms with Crippen molar-refractivity contribution in [3.05, 3.63) is 58.1 Å². The first-order chi connectivity index (χ1) is 12.7. The molecule has 2 aromatic heterocycles. The summed E-state index contributed by atoms with van der Waals surface area (Å²) in [6.07, 6.45) is 2.35. The van der Waals surface area contributed by atoms with Crippen LogP contribution in [0.1, 0.15) is 35.6 Å². The number of aromatic nitrogens is 2. The van der Waals surface area contributed by atoms with E-state index in [0.717, 1.165) is 24.9 Å². The summed E-state index contributed by atoms with van der Waals surface area (Å²) in [6, 6.07) is 12.3. The average Bonchev–Trinajstić information content (AvgIpc) is 3.41. The lowest BCUT2D eigenvalue weighted by atomic mass is 10.1. The lowest BCUT2D eigenvalue weighted by molar-refractivity contribution is -0.127. The van der Waals surface area contributed by atoms with Crippen LogP contribution in [0.5, 0.6) is 0 Å². The highest BCUT2D eigenvalue weighted by Gasteiger charge is 2.34. The lowest BCUT2D eigenvalue weighted by Crippen LogP contribution is -2.27. The normalized spacial score (nSPS) is 17.2. The van der Waals surface area contributed by atoms with Gasteiger partial charge in [0.25, 0.3) is 0 Å². The summed E-state index contributed by atoms with van der Waals surface area (Å²) in [7, 11) is 0. The molecule has 1 amide bonds.